The fourth-order valence-corrected chi connectivity index (χ4v) is 3.22. The molecule has 0 amide bonds. The van der Waals surface area contributed by atoms with E-state index < -0.39 is 0 Å². The summed E-state index contributed by atoms with van der Waals surface area (Å²) in [5.41, 5.74) is 1.88. The molecule has 1 N–H and O–H groups in total. The highest BCUT2D eigenvalue weighted by Gasteiger charge is 2.65. The van der Waals surface area contributed by atoms with Gasteiger partial charge in [-0.2, -0.15) is 0 Å². The predicted molar refractivity (Wildman–Crippen MR) is 81.5 cm³/mol. The third-order valence-electron chi connectivity index (χ3n) is 5.31. The van der Waals surface area contributed by atoms with Crippen molar-refractivity contribution in [3.05, 3.63) is 60.1 Å². The van der Waals surface area contributed by atoms with Gasteiger partial charge in [0.2, 0.25) is 0 Å². The van der Waals surface area contributed by atoms with E-state index in [1.165, 1.54) is 5.56 Å². The Hall–Kier alpha value is -1.54. The highest BCUT2D eigenvalue weighted by Crippen LogP contribution is 2.63. The summed E-state index contributed by atoms with van der Waals surface area (Å²) in [7, 11) is 0. The number of hydrogen-bond acceptors (Lipinski definition) is 2. The van der Waals surface area contributed by atoms with Crippen molar-refractivity contribution in [1.82, 2.24) is 5.32 Å². The van der Waals surface area contributed by atoms with Crippen molar-refractivity contribution in [2.45, 2.75) is 39.8 Å². The minimum Gasteiger partial charge on any atom is -0.467 e. The topological polar surface area (TPSA) is 25.2 Å². The lowest BCUT2D eigenvalue weighted by atomic mass is 10.0. The molecule has 2 aromatic rings. The third-order valence-corrected chi connectivity index (χ3v) is 5.31. The zero-order chi connectivity index (χ0) is 14.4. The largest absolute Gasteiger partial charge is 0.467 e. The number of benzene rings is 1. The lowest BCUT2D eigenvalue weighted by Crippen LogP contribution is -2.28. The van der Waals surface area contributed by atoms with Crippen LogP contribution in [-0.4, -0.2) is 6.04 Å². The monoisotopic (exact) mass is 269 g/mol. The van der Waals surface area contributed by atoms with Crippen LogP contribution in [0.25, 0.3) is 0 Å². The predicted octanol–water partition coefficient (Wildman–Crippen LogP) is 4.39. The molecule has 1 fully saturated rings. The maximum absolute atomic E-state index is 5.65. The van der Waals surface area contributed by atoms with Crippen molar-refractivity contribution >= 4 is 0 Å². The van der Waals surface area contributed by atoms with E-state index in [-0.39, 0.29) is 6.04 Å². The SMILES string of the molecule is CC1(C)C(NC(c2ccccc2)c2ccco2)C1(C)C. The van der Waals surface area contributed by atoms with Gasteiger partial charge in [0.1, 0.15) is 5.76 Å². The Bertz CT molecular complexity index is 555. The van der Waals surface area contributed by atoms with Crippen molar-refractivity contribution < 1.29 is 4.42 Å². The molecule has 0 aliphatic heterocycles. The minimum absolute atomic E-state index is 0.122. The summed E-state index contributed by atoms with van der Waals surface area (Å²) < 4.78 is 5.65. The Morgan fingerprint density at radius 2 is 1.60 bits per heavy atom. The lowest BCUT2D eigenvalue weighted by Gasteiger charge is -2.18. The van der Waals surface area contributed by atoms with Crippen LogP contribution in [0.5, 0.6) is 0 Å². The number of nitrogens with one attached hydrogen (secondary N) is 1. The standard InChI is InChI=1S/C18H23NO/c1-17(2)16(18(17,3)4)19-15(14-11-8-12-20-14)13-9-6-5-7-10-13/h5-12,15-16,19H,1-4H3. The number of hydrogen-bond donors (Lipinski definition) is 1. The quantitative estimate of drug-likeness (QED) is 0.890. The van der Waals surface area contributed by atoms with Crippen molar-refractivity contribution in [2.24, 2.45) is 10.8 Å². The average Bonchev–Trinajstić information content (AvgIpc) is 2.84. The Morgan fingerprint density at radius 1 is 0.950 bits per heavy atom. The first kappa shape index (κ1) is 13.4. The highest BCUT2D eigenvalue weighted by atomic mass is 16.3. The summed E-state index contributed by atoms with van der Waals surface area (Å²) in [4.78, 5) is 0. The second-order valence-electron chi connectivity index (χ2n) is 6.90. The summed E-state index contributed by atoms with van der Waals surface area (Å²) in [6.45, 7) is 9.31. The van der Waals surface area contributed by atoms with E-state index in [0.717, 1.165) is 5.76 Å². The second kappa shape index (κ2) is 4.49. The maximum Gasteiger partial charge on any atom is 0.125 e. The van der Waals surface area contributed by atoms with Gasteiger partial charge in [-0.3, -0.25) is 5.32 Å². The van der Waals surface area contributed by atoms with Gasteiger partial charge in [0.05, 0.1) is 12.3 Å². The smallest absolute Gasteiger partial charge is 0.125 e. The van der Waals surface area contributed by atoms with Gasteiger partial charge in [-0.15, -0.1) is 0 Å². The van der Waals surface area contributed by atoms with Gasteiger partial charge in [0, 0.05) is 6.04 Å². The molecule has 1 heterocycles. The van der Waals surface area contributed by atoms with Gasteiger partial charge in [0.15, 0.2) is 0 Å². The van der Waals surface area contributed by atoms with Crippen LogP contribution in [0.15, 0.2) is 53.1 Å². The van der Waals surface area contributed by atoms with Gasteiger partial charge in [-0.25, -0.2) is 0 Å². The van der Waals surface area contributed by atoms with Crippen LogP contribution < -0.4 is 5.32 Å². The molecule has 2 nitrogen and oxygen atoms in total. The van der Waals surface area contributed by atoms with Crippen LogP contribution in [0.3, 0.4) is 0 Å². The first-order valence-corrected chi connectivity index (χ1v) is 7.29. The number of rotatable bonds is 4. The molecule has 1 aromatic carbocycles. The van der Waals surface area contributed by atoms with E-state index in [0.29, 0.717) is 16.9 Å². The summed E-state index contributed by atoms with van der Waals surface area (Å²) in [5.74, 6) is 0.981. The molecule has 1 aliphatic rings. The van der Waals surface area contributed by atoms with Crippen LogP contribution in [0.4, 0.5) is 0 Å². The van der Waals surface area contributed by atoms with E-state index in [2.05, 4.69) is 57.3 Å². The van der Waals surface area contributed by atoms with Gasteiger partial charge < -0.3 is 4.42 Å². The fourth-order valence-electron chi connectivity index (χ4n) is 3.22. The molecule has 1 aromatic heterocycles. The van der Waals surface area contributed by atoms with Crippen LogP contribution in [-0.2, 0) is 0 Å². The minimum atomic E-state index is 0.122. The Morgan fingerprint density at radius 3 is 2.10 bits per heavy atom. The molecule has 106 valence electrons. The van der Waals surface area contributed by atoms with Crippen LogP contribution in [0, 0.1) is 10.8 Å². The molecule has 2 heteroatoms. The first-order chi connectivity index (χ1) is 9.44. The maximum atomic E-state index is 5.65. The fraction of sp³-hybridized carbons (Fsp3) is 0.444. The molecular weight excluding hydrogens is 246 g/mol. The molecule has 1 aliphatic carbocycles. The summed E-state index contributed by atoms with van der Waals surface area (Å²) in [6.07, 6.45) is 1.75. The van der Waals surface area contributed by atoms with E-state index in [9.17, 15) is 0 Å². The van der Waals surface area contributed by atoms with Crippen molar-refractivity contribution in [1.29, 1.82) is 0 Å². The van der Waals surface area contributed by atoms with Crippen LogP contribution in [0.2, 0.25) is 0 Å². The van der Waals surface area contributed by atoms with Gasteiger partial charge >= 0.3 is 0 Å². The molecule has 0 saturated heterocycles. The van der Waals surface area contributed by atoms with E-state index in [1.807, 2.05) is 18.2 Å². The Kier molecular flexibility index (Phi) is 3.02. The molecule has 1 atom stereocenters. The molecule has 1 saturated carbocycles. The van der Waals surface area contributed by atoms with Crippen LogP contribution in [0.1, 0.15) is 45.1 Å². The zero-order valence-electron chi connectivity index (χ0n) is 12.7. The first-order valence-electron chi connectivity index (χ1n) is 7.29. The molecule has 0 spiro atoms. The molecule has 0 bridgehead atoms. The molecular formula is C18H23NO. The van der Waals surface area contributed by atoms with E-state index in [1.54, 1.807) is 6.26 Å². The molecule has 1 unspecified atom stereocenters. The van der Waals surface area contributed by atoms with Gasteiger partial charge in [-0.05, 0) is 28.5 Å². The van der Waals surface area contributed by atoms with E-state index in [4.69, 9.17) is 4.42 Å². The Balaban J connectivity index is 1.89. The molecule has 0 radical (unpaired) electrons. The zero-order valence-corrected chi connectivity index (χ0v) is 12.7. The van der Waals surface area contributed by atoms with Crippen molar-refractivity contribution in [3.63, 3.8) is 0 Å². The Labute approximate surface area is 121 Å². The summed E-state index contributed by atoms with van der Waals surface area (Å²) in [5, 5.41) is 3.80. The van der Waals surface area contributed by atoms with Gasteiger partial charge in [0.25, 0.3) is 0 Å². The average molecular weight is 269 g/mol. The van der Waals surface area contributed by atoms with E-state index >= 15 is 0 Å². The highest BCUT2D eigenvalue weighted by molar-refractivity contribution is 5.29. The lowest BCUT2D eigenvalue weighted by molar-refractivity contribution is 0.423. The number of furan rings is 1. The normalized spacial score (nSPS) is 21.6. The van der Waals surface area contributed by atoms with Crippen molar-refractivity contribution in [2.75, 3.05) is 0 Å². The van der Waals surface area contributed by atoms with Crippen molar-refractivity contribution in [3.8, 4) is 0 Å². The van der Waals surface area contributed by atoms with Crippen LogP contribution >= 0.6 is 0 Å². The summed E-state index contributed by atoms with van der Waals surface area (Å²) in [6, 6.07) is 15.1. The second-order valence-corrected chi connectivity index (χ2v) is 6.90. The van der Waals surface area contributed by atoms with Gasteiger partial charge in [-0.1, -0.05) is 58.0 Å². The third kappa shape index (κ3) is 1.99. The molecule has 3 rings (SSSR count). The molecule has 20 heavy (non-hydrogen) atoms. The summed E-state index contributed by atoms with van der Waals surface area (Å²) >= 11 is 0.